The second-order valence-corrected chi connectivity index (χ2v) is 3.80. The zero-order valence-corrected chi connectivity index (χ0v) is 9.28. The molecule has 0 aliphatic carbocycles. The zero-order chi connectivity index (χ0) is 12.6. The number of fused-ring (bicyclic) bond motifs is 1. The predicted octanol–water partition coefficient (Wildman–Crippen LogP) is 2.18. The fourth-order valence-electron chi connectivity index (χ4n) is 1.85. The van der Waals surface area contributed by atoms with Gasteiger partial charge in [-0.25, -0.2) is 4.79 Å². The van der Waals surface area contributed by atoms with Gasteiger partial charge in [0.25, 0.3) is 5.56 Å². The molecule has 1 aromatic heterocycles. The van der Waals surface area contributed by atoms with Crippen molar-refractivity contribution in [3.8, 4) is 0 Å². The van der Waals surface area contributed by atoms with Crippen LogP contribution in [0.1, 0.15) is 21.5 Å². The van der Waals surface area contributed by atoms with Gasteiger partial charge in [0.15, 0.2) is 0 Å². The summed E-state index contributed by atoms with van der Waals surface area (Å²) in [6, 6.07) is 5.25. The van der Waals surface area contributed by atoms with Crippen LogP contribution in [0, 0.1) is 6.92 Å². The van der Waals surface area contributed by atoms with E-state index in [-0.39, 0.29) is 11.1 Å². The van der Waals surface area contributed by atoms with Crippen molar-refractivity contribution >= 4 is 22.9 Å². The highest BCUT2D eigenvalue weighted by Crippen LogP contribution is 2.20. The Morgan fingerprint density at radius 2 is 2.18 bits per heavy atom. The van der Waals surface area contributed by atoms with Crippen molar-refractivity contribution in [1.82, 2.24) is 4.98 Å². The number of aromatic carboxylic acids is 1. The van der Waals surface area contributed by atoms with Crippen molar-refractivity contribution in [3.05, 3.63) is 51.8 Å². The Morgan fingerprint density at radius 1 is 1.47 bits per heavy atom. The molecule has 1 heterocycles. The first-order valence-electron chi connectivity index (χ1n) is 5.07. The van der Waals surface area contributed by atoms with Gasteiger partial charge in [0.2, 0.25) is 0 Å². The van der Waals surface area contributed by atoms with Crippen LogP contribution >= 0.6 is 0 Å². The van der Waals surface area contributed by atoms with E-state index in [0.29, 0.717) is 10.9 Å². The van der Waals surface area contributed by atoms with Crippen LogP contribution in [-0.2, 0) is 0 Å². The average molecular weight is 229 g/mol. The van der Waals surface area contributed by atoms with Crippen LogP contribution in [0.4, 0.5) is 0 Å². The van der Waals surface area contributed by atoms with Gasteiger partial charge in [-0.2, -0.15) is 0 Å². The minimum absolute atomic E-state index is 0.00227. The number of carboxylic acids is 1. The summed E-state index contributed by atoms with van der Waals surface area (Å²) < 4.78 is 0. The normalized spacial score (nSPS) is 10.4. The molecule has 0 saturated heterocycles. The second kappa shape index (κ2) is 3.90. The highest BCUT2D eigenvalue weighted by atomic mass is 16.4. The number of pyridine rings is 1. The van der Waals surface area contributed by atoms with Gasteiger partial charge in [0.05, 0.1) is 11.1 Å². The van der Waals surface area contributed by atoms with E-state index in [2.05, 4.69) is 11.6 Å². The summed E-state index contributed by atoms with van der Waals surface area (Å²) >= 11 is 0. The van der Waals surface area contributed by atoms with Gasteiger partial charge in [-0.1, -0.05) is 24.3 Å². The third-order valence-electron chi connectivity index (χ3n) is 2.62. The van der Waals surface area contributed by atoms with Crippen LogP contribution in [0.3, 0.4) is 0 Å². The van der Waals surface area contributed by atoms with Crippen LogP contribution in [0.2, 0.25) is 0 Å². The molecule has 0 aliphatic rings. The molecule has 0 spiro atoms. The Hall–Kier alpha value is -2.36. The molecular formula is C13H11NO3. The Labute approximate surface area is 97.2 Å². The van der Waals surface area contributed by atoms with Gasteiger partial charge in [-0.3, -0.25) is 4.79 Å². The Morgan fingerprint density at radius 3 is 2.76 bits per heavy atom. The molecule has 2 N–H and O–H groups in total. The quantitative estimate of drug-likeness (QED) is 0.829. The first kappa shape index (κ1) is 11.1. The molecule has 1 aromatic carbocycles. The number of nitrogens with one attached hydrogen (secondary N) is 1. The van der Waals surface area contributed by atoms with E-state index >= 15 is 0 Å². The van der Waals surface area contributed by atoms with E-state index in [9.17, 15) is 14.7 Å². The lowest BCUT2D eigenvalue weighted by Crippen LogP contribution is -2.16. The number of carboxylic acid groups (broad SMARTS) is 1. The van der Waals surface area contributed by atoms with Crippen LogP contribution < -0.4 is 5.56 Å². The first-order chi connectivity index (χ1) is 8.04. The summed E-state index contributed by atoms with van der Waals surface area (Å²) in [5.74, 6) is -1.12. The molecule has 0 atom stereocenters. The van der Waals surface area contributed by atoms with Gasteiger partial charge in [-0.05, 0) is 19.1 Å². The summed E-state index contributed by atoms with van der Waals surface area (Å²) in [7, 11) is 0. The van der Waals surface area contributed by atoms with Gasteiger partial charge < -0.3 is 10.1 Å². The highest BCUT2D eigenvalue weighted by molar-refractivity contribution is 6.05. The molecule has 0 aliphatic heterocycles. The molecule has 0 bridgehead atoms. The smallest absolute Gasteiger partial charge is 0.337 e. The molecule has 0 fully saturated rings. The molecular weight excluding hydrogens is 218 g/mol. The monoisotopic (exact) mass is 229 g/mol. The van der Waals surface area contributed by atoms with Crippen LogP contribution in [0.25, 0.3) is 17.0 Å². The third-order valence-corrected chi connectivity index (χ3v) is 2.62. The number of hydrogen-bond acceptors (Lipinski definition) is 2. The van der Waals surface area contributed by atoms with E-state index in [1.165, 1.54) is 6.08 Å². The number of carbonyl (C=O) groups is 1. The summed E-state index contributed by atoms with van der Waals surface area (Å²) in [5, 5.41) is 9.73. The van der Waals surface area contributed by atoms with Gasteiger partial charge in [-0.15, -0.1) is 0 Å². The average Bonchev–Trinajstić information content (AvgIpc) is 2.27. The number of aromatic nitrogens is 1. The molecule has 0 radical (unpaired) electrons. The standard InChI is InChI=1S/C13H11NO3/c1-3-8-11(13(16)17)9-6-7(2)4-5-10(9)14-12(8)15/h3-6H,1H2,2H3,(H,14,15)(H,16,17). The topological polar surface area (TPSA) is 70.2 Å². The lowest BCUT2D eigenvalue weighted by atomic mass is 10.0. The number of hydrogen-bond donors (Lipinski definition) is 2. The SMILES string of the molecule is C=Cc1c(C(=O)O)c2cc(C)ccc2[nH]c1=O. The number of aromatic amines is 1. The lowest BCUT2D eigenvalue weighted by Gasteiger charge is -2.06. The van der Waals surface area contributed by atoms with E-state index in [1.54, 1.807) is 12.1 Å². The molecule has 4 nitrogen and oxygen atoms in total. The maximum absolute atomic E-state index is 11.7. The Bertz CT molecular complexity index is 683. The molecule has 4 heteroatoms. The highest BCUT2D eigenvalue weighted by Gasteiger charge is 2.16. The number of rotatable bonds is 2. The largest absolute Gasteiger partial charge is 0.478 e. The van der Waals surface area contributed by atoms with E-state index in [0.717, 1.165) is 5.56 Å². The summed E-state index contributed by atoms with van der Waals surface area (Å²) in [6.07, 6.45) is 1.27. The summed E-state index contributed by atoms with van der Waals surface area (Å²) in [5.41, 5.74) is 1.11. The van der Waals surface area contributed by atoms with Crippen LogP contribution in [-0.4, -0.2) is 16.1 Å². The predicted molar refractivity (Wildman–Crippen MR) is 66.4 cm³/mol. The van der Waals surface area contributed by atoms with E-state index in [1.807, 2.05) is 13.0 Å². The first-order valence-corrected chi connectivity index (χ1v) is 5.07. The molecule has 86 valence electrons. The Balaban J connectivity index is 3.05. The van der Waals surface area contributed by atoms with Crippen LogP contribution in [0.15, 0.2) is 29.6 Å². The number of H-pyrrole nitrogens is 1. The molecule has 2 rings (SSSR count). The maximum Gasteiger partial charge on any atom is 0.337 e. The third kappa shape index (κ3) is 1.73. The van der Waals surface area contributed by atoms with Crippen molar-refractivity contribution in [2.45, 2.75) is 6.92 Å². The molecule has 0 saturated carbocycles. The van der Waals surface area contributed by atoms with Crippen molar-refractivity contribution in [2.24, 2.45) is 0 Å². The number of aryl methyl sites for hydroxylation is 1. The Kier molecular flexibility index (Phi) is 2.55. The molecule has 0 amide bonds. The van der Waals surface area contributed by atoms with Crippen LogP contribution in [0.5, 0.6) is 0 Å². The molecule has 0 unspecified atom stereocenters. The van der Waals surface area contributed by atoms with Crippen molar-refractivity contribution in [2.75, 3.05) is 0 Å². The molecule has 2 aromatic rings. The van der Waals surface area contributed by atoms with E-state index in [4.69, 9.17) is 0 Å². The van der Waals surface area contributed by atoms with Crippen molar-refractivity contribution in [1.29, 1.82) is 0 Å². The second-order valence-electron chi connectivity index (χ2n) is 3.80. The van der Waals surface area contributed by atoms with Gasteiger partial charge >= 0.3 is 5.97 Å². The lowest BCUT2D eigenvalue weighted by molar-refractivity contribution is 0.0698. The zero-order valence-electron chi connectivity index (χ0n) is 9.28. The molecule has 17 heavy (non-hydrogen) atoms. The van der Waals surface area contributed by atoms with Crippen molar-refractivity contribution < 1.29 is 9.90 Å². The fourth-order valence-corrected chi connectivity index (χ4v) is 1.85. The summed E-state index contributed by atoms with van der Waals surface area (Å²) in [6.45, 7) is 5.35. The van der Waals surface area contributed by atoms with Crippen molar-refractivity contribution in [3.63, 3.8) is 0 Å². The fraction of sp³-hybridized carbons (Fsp3) is 0.0769. The van der Waals surface area contributed by atoms with Gasteiger partial charge in [0, 0.05) is 10.9 Å². The van der Waals surface area contributed by atoms with E-state index < -0.39 is 11.5 Å². The minimum Gasteiger partial charge on any atom is -0.478 e. The number of benzene rings is 1. The minimum atomic E-state index is -1.12. The van der Waals surface area contributed by atoms with Gasteiger partial charge in [0.1, 0.15) is 0 Å². The maximum atomic E-state index is 11.7. The summed E-state index contributed by atoms with van der Waals surface area (Å²) in [4.78, 5) is 25.6.